The van der Waals surface area contributed by atoms with Crippen LogP contribution in [0.15, 0.2) is 79.1 Å². The number of rotatable bonds is 22. The predicted molar refractivity (Wildman–Crippen MR) is 255 cm³/mol. The minimum atomic E-state index is -1.06. The Morgan fingerprint density at radius 1 is 0.829 bits per heavy atom. The van der Waals surface area contributed by atoms with Crippen molar-refractivity contribution < 1.29 is 57.8 Å². The second-order valence-corrected chi connectivity index (χ2v) is 18.3. The third kappa shape index (κ3) is 12.2. The molecule has 1 unspecified atom stereocenters. The van der Waals surface area contributed by atoms with Gasteiger partial charge in [0.15, 0.2) is 5.60 Å². The summed E-state index contributed by atoms with van der Waals surface area (Å²) in [6.07, 6.45) is 5.33. The number of hydrogen-bond acceptors (Lipinski definition) is 13. The highest BCUT2D eigenvalue weighted by Gasteiger charge is 2.46. The summed E-state index contributed by atoms with van der Waals surface area (Å²) in [6, 6.07) is 19.6. The van der Waals surface area contributed by atoms with Crippen molar-refractivity contribution in [1.29, 1.82) is 0 Å². The molecule has 3 aromatic carbocycles. The monoisotopic (exact) mass is 963 g/mol. The van der Waals surface area contributed by atoms with E-state index in [1.165, 1.54) is 6.07 Å². The Morgan fingerprint density at radius 2 is 1.56 bits per heavy atom. The van der Waals surface area contributed by atoms with E-state index in [1.54, 1.807) is 18.3 Å². The molecule has 4 aromatic rings. The van der Waals surface area contributed by atoms with Crippen molar-refractivity contribution in [3.63, 3.8) is 0 Å². The number of anilines is 1. The van der Waals surface area contributed by atoms with Gasteiger partial charge in [0.25, 0.3) is 17.7 Å². The quantitative estimate of drug-likeness (QED) is 0.0763. The summed E-state index contributed by atoms with van der Waals surface area (Å²) < 4.78 is 29.5. The molecule has 0 radical (unpaired) electrons. The summed E-state index contributed by atoms with van der Waals surface area (Å²) >= 11 is 0. The van der Waals surface area contributed by atoms with Gasteiger partial charge in [-0.1, -0.05) is 36.4 Å². The van der Waals surface area contributed by atoms with Gasteiger partial charge >= 0.3 is 0 Å². The van der Waals surface area contributed by atoms with Gasteiger partial charge in [0, 0.05) is 56.1 Å². The van der Waals surface area contributed by atoms with E-state index in [9.17, 15) is 28.8 Å². The molecule has 6 amide bonds. The fourth-order valence-corrected chi connectivity index (χ4v) is 9.32. The van der Waals surface area contributed by atoms with Crippen molar-refractivity contribution in [2.24, 2.45) is 5.92 Å². The van der Waals surface area contributed by atoms with Crippen LogP contribution in [0.25, 0.3) is 11.1 Å². The summed E-state index contributed by atoms with van der Waals surface area (Å²) in [6.45, 7) is 10.8. The normalized spacial score (nSPS) is 18.5. The summed E-state index contributed by atoms with van der Waals surface area (Å²) in [5.74, 6) is -1.72. The number of nitrogens with one attached hydrogen (secondary N) is 2. The largest absolute Gasteiger partial charge is 0.490 e. The molecular weight excluding hydrogens is 901 g/mol. The molecule has 2 atom stereocenters. The number of amides is 6. The maximum atomic E-state index is 14.4. The lowest BCUT2D eigenvalue weighted by Gasteiger charge is -2.37. The standard InChI is InChI=1S/C51H62N8O11/c1-51(2,50(65)56-20-17-52-18-21-56)70-40-8-3-7-39(30-40)57-19-5-6-37(34-57)47(62)58(33-35-11-13-36(14-12-35)38-31-53-54-32-38)22-23-66-24-25-67-26-27-68-28-29-69-43-10-4-9-41-45(43)49(64)59(48(41)63)42-15-16-44(60)55-46(42)61/h3-4,7-14,30-32,37,42,52H,5-6,15-29,33-34H2,1-2H3,(H,53,54)(H,55,60,61)/p+1/t37-,42?/m1/s1. The molecule has 4 aliphatic rings. The van der Waals surface area contributed by atoms with Crippen molar-refractivity contribution in [2.75, 3.05) is 97.0 Å². The Balaban J connectivity index is 0.781. The highest BCUT2D eigenvalue weighted by Crippen LogP contribution is 2.34. The van der Waals surface area contributed by atoms with E-state index in [2.05, 4.69) is 25.7 Å². The Hall–Kier alpha value is -6.67. The maximum Gasteiger partial charge on any atom is 0.266 e. The first-order valence-corrected chi connectivity index (χ1v) is 24.2. The number of nitrogens with zero attached hydrogens (tertiary/aromatic N) is 5. The van der Waals surface area contributed by atoms with Crippen LogP contribution in [-0.2, 0) is 39.9 Å². The van der Waals surface area contributed by atoms with E-state index >= 15 is 0 Å². The number of ether oxygens (including phenoxy) is 5. The van der Waals surface area contributed by atoms with E-state index in [0.29, 0.717) is 64.9 Å². The highest BCUT2D eigenvalue weighted by molar-refractivity contribution is 6.24. The smallest absolute Gasteiger partial charge is 0.266 e. The fraction of sp³-hybridized carbons (Fsp3) is 0.471. The highest BCUT2D eigenvalue weighted by atomic mass is 16.6. The number of aromatic amines is 1. The van der Waals surface area contributed by atoms with Crippen molar-refractivity contribution in [3.8, 4) is 22.6 Å². The van der Waals surface area contributed by atoms with Gasteiger partial charge in [0.1, 0.15) is 24.1 Å². The van der Waals surface area contributed by atoms with Crippen LogP contribution < -0.4 is 25.0 Å². The number of imide groups is 2. The third-order valence-corrected chi connectivity index (χ3v) is 13.0. The van der Waals surface area contributed by atoms with Crippen molar-refractivity contribution >= 4 is 41.1 Å². The van der Waals surface area contributed by atoms with Gasteiger partial charge in [-0.05, 0) is 68.5 Å². The Morgan fingerprint density at radius 3 is 2.29 bits per heavy atom. The van der Waals surface area contributed by atoms with Gasteiger partial charge in [-0.3, -0.25) is 44.1 Å². The molecule has 1 aromatic heterocycles. The van der Waals surface area contributed by atoms with Crippen LogP contribution in [0.3, 0.4) is 0 Å². The lowest BCUT2D eigenvalue weighted by molar-refractivity contribution is -0.662. The first-order chi connectivity index (χ1) is 34.0. The molecule has 3 fully saturated rings. The first kappa shape index (κ1) is 49.7. The van der Waals surface area contributed by atoms with E-state index in [0.717, 1.165) is 59.8 Å². The second-order valence-electron chi connectivity index (χ2n) is 18.3. The summed E-state index contributed by atoms with van der Waals surface area (Å²) in [5.41, 5.74) is 3.15. The Kier molecular flexibility index (Phi) is 16.6. The zero-order chi connectivity index (χ0) is 49.0. The Bertz CT molecular complexity index is 2480. The van der Waals surface area contributed by atoms with Gasteiger partial charge in [-0.15, -0.1) is 0 Å². The molecule has 0 aliphatic carbocycles. The number of aromatic nitrogens is 2. The third-order valence-electron chi connectivity index (χ3n) is 13.0. The zero-order valence-electron chi connectivity index (χ0n) is 39.9. The predicted octanol–water partition coefficient (Wildman–Crippen LogP) is 2.41. The number of quaternary nitrogens is 1. The van der Waals surface area contributed by atoms with Crippen LogP contribution in [0.4, 0.5) is 5.69 Å². The van der Waals surface area contributed by atoms with E-state index < -0.39 is 35.3 Å². The fourth-order valence-electron chi connectivity index (χ4n) is 9.32. The number of H-pyrrole nitrogens is 1. The van der Waals surface area contributed by atoms with Crippen LogP contribution in [0.5, 0.6) is 11.5 Å². The molecule has 372 valence electrons. The van der Waals surface area contributed by atoms with Crippen LogP contribution in [-0.4, -0.2) is 164 Å². The van der Waals surface area contributed by atoms with Crippen LogP contribution in [0, 0.1) is 5.92 Å². The summed E-state index contributed by atoms with van der Waals surface area (Å²) in [4.78, 5) is 85.2. The van der Waals surface area contributed by atoms with Crippen LogP contribution in [0.2, 0.25) is 0 Å². The molecule has 0 bridgehead atoms. The zero-order valence-corrected chi connectivity index (χ0v) is 39.9. The average molecular weight is 964 g/mol. The van der Waals surface area contributed by atoms with E-state index in [-0.39, 0.29) is 67.3 Å². The molecule has 3 saturated heterocycles. The second kappa shape index (κ2) is 23.3. The molecule has 19 heteroatoms. The molecular formula is C51H63N8O11+. The van der Waals surface area contributed by atoms with E-state index in [1.807, 2.05) is 78.4 Å². The minimum absolute atomic E-state index is 0.0215. The number of carbonyl (C=O) groups excluding carboxylic acids is 6. The minimum Gasteiger partial charge on any atom is -0.490 e. The molecule has 4 N–H and O–H groups in total. The SMILES string of the molecule is CC(C)(Oc1cccc(N2CCC[C@@H](C(=O)N(CCOCCOCCOCCOc3cccc4c3C(=O)N(C3CCC(=O)NC3=O)C4=O)Cc3ccc(-c4cn[nH]c4)cc3)C2)c1)C(=O)N1CC[NH2+]CC1. The first-order valence-electron chi connectivity index (χ1n) is 24.2. The molecule has 5 heterocycles. The number of fused-ring (bicyclic) bond motifs is 1. The molecule has 0 spiro atoms. The number of hydrogen-bond donors (Lipinski definition) is 3. The molecule has 0 saturated carbocycles. The molecule has 8 rings (SSSR count). The number of piperidine rings is 2. The van der Waals surface area contributed by atoms with Crippen LogP contribution >= 0.6 is 0 Å². The van der Waals surface area contributed by atoms with Crippen LogP contribution in [0.1, 0.15) is 65.8 Å². The van der Waals surface area contributed by atoms with Crippen molar-refractivity contribution in [3.05, 3.63) is 95.8 Å². The van der Waals surface area contributed by atoms with Crippen molar-refractivity contribution in [2.45, 2.75) is 57.7 Å². The molecule has 4 aliphatic heterocycles. The topological polar surface area (TPSA) is 219 Å². The van der Waals surface area contributed by atoms with Gasteiger partial charge < -0.3 is 43.7 Å². The lowest BCUT2D eigenvalue weighted by atomic mass is 9.95. The number of benzene rings is 3. The van der Waals surface area contributed by atoms with E-state index in [4.69, 9.17) is 23.7 Å². The lowest BCUT2D eigenvalue weighted by Crippen LogP contribution is -2.90. The molecule has 70 heavy (non-hydrogen) atoms. The van der Waals surface area contributed by atoms with Gasteiger partial charge in [-0.25, -0.2) is 0 Å². The van der Waals surface area contributed by atoms with Gasteiger partial charge in [0.05, 0.1) is 89.1 Å². The van der Waals surface area contributed by atoms with Gasteiger partial charge in [0.2, 0.25) is 17.7 Å². The Labute approximate surface area is 407 Å². The average Bonchev–Trinajstić information content (AvgIpc) is 4.00. The number of piperazine rings is 1. The number of carbonyl (C=O) groups is 6. The maximum absolute atomic E-state index is 14.4. The number of nitrogens with two attached hydrogens (primary N) is 1. The summed E-state index contributed by atoms with van der Waals surface area (Å²) in [5, 5.41) is 11.3. The molecule has 19 nitrogen and oxygen atoms in total. The van der Waals surface area contributed by atoms with Crippen molar-refractivity contribution in [1.82, 2.24) is 30.2 Å². The van der Waals surface area contributed by atoms with Gasteiger partial charge in [-0.2, -0.15) is 5.10 Å². The summed E-state index contributed by atoms with van der Waals surface area (Å²) in [7, 11) is 0.